The highest BCUT2D eigenvalue weighted by Gasteiger charge is 2.22. The fourth-order valence-electron chi connectivity index (χ4n) is 1.54. The second kappa shape index (κ2) is 5.57. The quantitative estimate of drug-likeness (QED) is 0.523. The first kappa shape index (κ1) is 14.4. The molecule has 0 radical (unpaired) electrons. The van der Waals surface area contributed by atoms with Crippen LogP contribution in [0.1, 0.15) is 15.9 Å². The molecule has 0 aromatic heterocycles. The zero-order valence-corrected chi connectivity index (χ0v) is 12.3. The van der Waals surface area contributed by atoms with Crippen LogP contribution in [0.4, 0.5) is 8.78 Å². The minimum atomic E-state index is -0.962. The van der Waals surface area contributed by atoms with Gasteiger partial charge in [0.15, 0.2) is 11.6 Å². The van der Waals surface area contributed by atoms with Gasteiger partial charge in [0.05, 0.1) is 15.1 Å². The Morgan fingerprint density at radius 2 is 1.79 bits per heavy atom. The predicted molar refractivity (Wildman–Crippen MR) is 74.0 cm³/mol. The molecule has 0 aliphatic rings. The Kier molecular flexibility index (Phi) is 4.23. The predicted octanol–water partition coefficient (Wildman–Crippen LogP) is 5.27. The molecule has 2 aromatic rings. The number of benzene rings is 2. The zero-order valence-electron chi connectivity index (χ0n) is 9.18. The number of hydrogen-bond acceptors (Lipinski definition) is 1. The van der Waals surface area contributed by atoms with E-state index in [1.807, 2.05) is 0 Å². The average Bonchev–Trinajstić information content (AvgIpc) is 2.34. The van der Waals surface area contributed by atoms with E-state index in [1.54, 1.807) is 0 Å². The topological polar surface area (TPSA) is 17.1 Å². The molecule has 1 nitrogen and oxygen atoms in total. The fraction of sp³-hybridized carbons (Fsp3) is 0. The Labute approximate surface area is 126 Å². The maximum absolute atomic E-state index is 13.8. The Hall–Kier alpha value is -0.970. The normalized spacial score (nSPS) is 10.6. The summed E-state index contributed by atoms with van der Waals surface area (Å²) < 4.78 is 27.5. The van der Waals surface area contributed by atoms with Crippen molar-refractivity contribution in [2.75, 3.05) is 0 Å². The lowest BCUT2D eigenvalue weighted by Gasteiger charge is -2.07. The van der Waals surface area contributed by atoms with Gasteiger partial charge in [-0.1, -0.05) is 23.2 Å². The highest BCUT2D eigenvalue weighted by molar-refractivity contribution is 9.10. The molecule has 0 spiro atoms. The minimum Gasteiger partial charge on any atom is -0.288 e. The van der Waals surface area contributed by atoms with E-state index in [2.05, 4.69) is 15.9 Å². The summed E-state index contributed by atoms with van der Waals surface area (Å²) in [5.41, 5.74) is -0.666. The van der Waals surface area contributed by atoms with Crippen molar-refractivity contribution in [2.24, 2.45) is 0 Å². The van der Waals surface area contributed by atoms with Crippen LogP contribution < -0.4 is 0 Å². The van der Waals surface area contributed by atoms with Gasteiger partial charge >= 0.3 is 0 Å². The highest BCUT2D eigenvalue weighted by atomic mass is 79.9. The lowest BCUT2D eigenvalue weighted by molar-refractivity contribution is 0.103. The molecule has 0 atom stereocenters. The Morgan fingerprint density at radius 3 is 2.42 bits per heavy atom. The van der Waals surface area contributed by atoms with Crippen molar-refractivity contribution in [3.63, 3.8) is 0 Å². The fourth-order valence-corrected chi connectivity index (χ4v) is 2.37. The van der Waals surface area contributed by atoms with Crippen LogP contribution in [0.5, 0.6) is 0 Å². The summed E-state index contributed by atoms with van der Waals surface area (Å²) in [5.74, 6) is -2.74. The third-order valence-corrected chi connectivity index (χ3v) is 3.61. The Bertz CT molecular complexity index is 674. The van der Waals surface area contributed by atoms with E-state index in [0.717, 1.165) is 6.07 Å². The van der Waals surface area contributed by atoms with E-state index in [9.17, 15) is 13.6 Å². The molecular weight excluding hydrogens is 361 g/mol. The van der Waals surface area contributed by atoms with Crippen molar-refractivity contribution in [1.29, 1.82) is 0 Å². The standard InChI is InChI=1S/C13H5BrCl2F2O/c14-8-3-4-10(17)11(12(8)18)13(19)7-2-1-6(15)5-9(7)16/h1-5H. The first-order valence-corrected chi connectivity index (χ1v) is 6.60. The molecule has 0 bridgehead atoms. The molecule has 0 heterocycles. The van der Waals surface area contributed by atoms with Gasteiger partial charge in [-0.15, -0.1) is 0 Å². The molecule has 0 N–H and O–H groups in total. The molecule has 19 heavy (non-hydrogen) atoms. The number of halogens is 5. The van der Waals surface area contributed by atoms with Crippen LogP contribution in [0.3, 0.4) is 0 Å². The lowest BCUT2D eigenvalue weighted by atomic mass is 10.0. The van der Waals surface area contributed by atoms with Gasteiger partial charge in [0.2, 0.25) is 0 Å². The molecule has 6 heteroatoms. The molecule has 98 valence electrons. The SMILES string of the molecule is O=C(c1ccc(Cl)cc1Cl)c1c(F)ccc(Br)c1F. The van der Waals surface area contributed by atoms with Gasteiger partial charge in [-0.3, -0.25) is 4.79 Å². The highest BCUT2D eigenvalue weighted by Crippen LogP contribution is 2.28. The first-order valence-electron chi connectivity index (χ1n) is 5.05. The van der Waals surface area contributed by atoms with Crippen LogP contribution in [0.15, 0.2) is 34.8 Å². The van der Waals surface area contributed by atoms with Crippen molar-refractivity contribution in [2.45, 2.75) is 0 Å². The van der Waals surface area contributed by atoms with Crippen LogP contribution in [-0.4, -0.2) is 5.78 Å². The maximum Gasteiger partial charge on any atom is 0.200 e. The average molecular weight is 366 g/mol. The van der Waals surface area contributed by atoms with Crippen LogP contribution in [0.25, 0.3) is 0 Å². The summed E-state index contributed by atoms with van der Waals surface area (Å²) in [5, 5.41) is 0.369. The third kappa shape index (κ3) is 2.81. The van der Waals surface area contributed by atoms with Gasteiger partial charge < -0.3 is 0 Å². The van der Waals surface area contributed by atoms with E-state index in [4.69, 9.17) is 23.2 Å². The van der Waals surface area contributed by atoms with Crippen molar-refractivity contribution in [3.05, 3.63) is 67.6 Å². The van der Waals surface area contributed by atoms with Crippen LogP contribution in [0.2, 0.25) is 10.0 Å². The molecule has 0 fully saturated rings. The molecule has 2 aromatic carbocycles. The summed E-state index contributed by atoms with van der Waals surface area (Å²) in [6.45, 7) is 0. The molecule has 0 unspecified atom stereocenters. The van der Waals surface area contributed by atoms with Crippen LogP contribution in [0, 0.1) is 11.6 Å². The molecule has 0 aliphatic carbocycles. The second-order valence-corrected chi connectivity index (χ2v) is 5.37. The molecular formula is C13H5BrCl2F2O. The summed E-state index contributed by atoms with van der Waals surface area (Å²) in [6, 6.07) is 6.28. The monoisotopic (exact) mass is 364 g/mol. The maximum atomic E-state index is 13.8. The van der Waals surface area contributed by atoms with E-state index < -0.39 is 23.0 Å². The number of hydrogen-bond donors (Lipinski definition) is 0. The molecule has 2 rings (SSSR count). The van der Waals surface area contributed by atoms with E-state index >= 15 is 0 Å². The third-order valence-electron chi connectivity index (χ3n) is 2.45. The first-order chi connectivity index (χ1) is 8.91. The van der Waals surface area contributed by atoms with Gasteiger partial charge in [-0.25, -0.2) is 8.78 Å². The molecule has 0 aliphatic heterocycles. The van der Waals surface area contributed by atoms with Crippen molar-refractivity contribution in [1.82, 2.24) is 0 Å². The van der Waals surface area contributed by atoms with E-state index in [-0.39, 0.29) is 15.1 Å². The van der Waals surface area contributed by atoms with Gasteiger partial charge in [0.1, 0.15) is 5.82 Å². The van der Waals surface area contributed by atoms with E-state index in [1.165, 1.54) is 24.3 Å². The van der Waals surface area contributed by atoms with Gasteiger partial charge in [-0.05, 0) is 46.3 Å². The zero-order chi connectivity index (χ0) is 14.2. The van der Waals surface area contributed by atoms with E-state index in [0.29, 0.717) is 5.02 Å². The number of ketones is 1. The smallest absolute Gasteiger partial charge is 0.200 e. The summed E-state index contributed by atoms with van der Waals surface area (Å²) in [4.78, 5) is 12.1. The Balaban J connectivity index is 2.59. The molecule has 0 amide bonds. The van der Waals surface area contributed by atoms with Crippen molar-refractivity contribution < 1.29 is 13.6 Å². The molecule has 0 saturated heterocycles. The largest absolute Gasteiger partial charge is 0.288 e. The number of rotatable bonds is 2. The number of carbonyl (C=O) groups excluding carboxylic acids is 1. The molecule has 0 saturated carbocycles. The number of carbonyl (C=O) groups is 1. The Morgan fingerprint density at radius 1 is 1.11 bits per heavy atom. The second-order valence-electron chi connectivity index (χ2n) is 3.67. The summed E-state index contributed by atoms with van der Waals surface area (Å²) in [6.07, 6.45) is 0. The van der Waals surface area contributed by atoms with Crippen LogP contribution >= 0.6 is 39.1 Å². The minimum absolute atomic E-state index is 0.00216. The summed E-state index contributed by atoms with van der Waals surface area (Å²) >= 11 is 14.5. The summed E-state index contributed by atoms with van der Waals surface area (Å²) in [7, 11) is 0. The van der Waals surface area contributed by atoms with Crippen LogP contribution in [-0.2, 0) is 0 Å². The van der Waals surface area contributed by atoms with Gasteiger partial charge in [0, 0.05) is 10.6 Å². The van der Waals surface area contributed by atoms with Gasteiger partial charge in [-0.2, -0.15) is 0 Å². The van der Waals surface area contributed by atoms with Gasteiger partial charge in [0.25, 0.3) is 0 Å². The van der Waals surface area contributed by atoms with Crippen molar-refractivity contribution >= 4 is 44.9 Å². The lowest BCUT2D eigenvalue weighted by Crippen LogP contribution is -2.08. The van der Waals surface area contributed by atoms with Crippen molar-refractivity contribution in [3.8, 4) is 0 Å².